The summed E-state index contributed by atoms with van der Waals surface area (Å²) in [5.41, 5.74) is 7.12. The van der Waals surface area contributed by atoms with E-state index in [4.69, 9.17) is 20.0 Å². The molecule has 0 heterocycles. The lowest BCUT2D eigenvalue weighted by atomic mass is 9.79. The van der Waals surface area contributed by atoms with Crippen LogP contribution >= 0.6 is 0 Å². The minimum absolute atomic E-state index is 0.0339. The maximum Gasteiger partial charge on any atom is 0.246 e. The smallest absolute Gasteiger partial charge is 0.246 e. The molecule has 82 heavy (non-hydrogen) atoms. The van der Waals surface area contributed by atoms with Crippen molar-refractivity contribution in [3.05, 3.63) is 115 Å². The first-order chi connectivity index (χ1) is 37.2. The zero-order chi connectivity index (χ0) is 62.5. The van der Waals surface area contributed by atoms with E-state index in [0.717, 1.165) is 44.5 Å². The summed E-state index contributed by atoms with van der Waals surface area (Å²) in [4.78, 5) is 47.4. The van der Waals surface area contributed by atoms with Gasteiger partial charge in [0.25, 0.3) is 0 Å². The predicted octanol–water partition coefficient (Wildman–Crippen LogP) is 14.4. The van der Waals surface area contributed by atoms with E-state index in [0.29, 0.717) is 35.1 Å². The number of phenols is 4. The fourth-order valence-electron chi connectivity index (χ4n) is 9.19. The topological polar surface area (TPSA) is 189 Å². The molecule has 0 fully saturated rings. The van der Waals surface area contributed by atoms with E-state index in [1.165, 1.54) is 0 Å². The van der Waals surface area contributed by atoms with Crippen molar-refractivity contribution >= 4 is 36.7 Å². The van der Waals surface area contributed by atoms with Crippen molar-refractivity contribution < 1.29 is 30.0 Å². The molecule has 12 heteroatoms. The zero-order valence-electron chi connectivity index (χ0n) is 54.7. The van der Waals surface area contributed by atoms with E-state index in [9.17, 15) is 30.0 Å². The molecule has 0 saturated carbocycles. The monoisotopic (exact) mass is 1120 g/mol. The van der Waals surface area contributed by atoms with Gasteiger partial charge in [-0.15, -0.1) is 0 Å². The minimum atomic E-state index is -0.984. The fourth-order valence-corrected chi connectivity index (χ4v) is 9.19. The largest absolute Gasteiger partial charge is 0.507 e. The van der Waals surface area contributed by atoms with Crippen LogP contribution in [0.4, 0.5) is 0 Å². The Morgan fingerprint density at radius 2 is 0.585 bits per heavy atom. The summed E-state index contributed by atoms with van der Waals surface area (Å²) in [7, 11) is 0. The van der Waals surface area contributed by atoms with Crippen LogP contribution in [0.5, 0.6) is 23.0 Å². The molecule has 6 N–H and O–H groups in total. The second-order valence-electron chi connectivity index (χ2n) is 30.7. The Balaban J connectivity index is 1.64. The van der Waals surface area contributed by atoms with Gasteiger partial charge in [-0.05, 0) is 103 Å². The molecule has 4 aromatic carbocycles. The number of aromatic hydroxyl groups is 4. The summed E-state index contributed by atoms with van der Waals surface area (Å²) in [5.74, 6) is -0.233. The lowest BCUT2D eigenvalue weighted by molar-refractivity contribution is -0.123. The summed E-state index contributed by atoms with van der Waals surface area (Å²) in [6.45, 7) is 50.6. The Labute approximate surface area is 494 Å². The molecular formula is C70H104N6O6. The Hall–Kier alpha value is -6.30. The highest BCUT2D eigenvalue weighted by Crippen LogP contribution is 2.41. The van der Waals surface area contributed by atoms with Gasteiger partial charge in [0.1, 0.15) is 35.1 Å². The number of unbranched alkanes of at least 4 members (excludes halogenated alkanes) is 1. The maximum absolute atomic E-state index is 14.2. The molecule has 450 valence electrons. The Morgan fingerprint density at radius 1 is 0.366 bits per heavy atom. The van der Waals surface area contributed by atoms with Crippen LogP contribution in [0.15, 0.2) is 68.5 Å². The van der Waals surface area contributed by atoms with Crippen molar-refractivity contribution in [3.63, 3.8) is 0 Å². The number of hydrogen-bond acceptors (Lipinski definition) is 10. The maximum atomic E-state index is 14.2. The van der Waals surface area contributed by atoms with Gasteiger partial charge in [-0.2, -0.15) is 0 Å². The number of aliphatic imine (C=N–C) groups is 4. The van der Waals surface area contributed by atoms with E-state index >= 15 is 0 Å². The van der Waals surface area contributed by atoms with Crippen LogP contribution in [0.3, 0.4) is 0 Å². The van der Waals surface area contributed by atoms with Gasteiger partial charge < -0.3 is 31.1 Å². The Bertz CT molecular complexity index is 2830. The highest BCUT2D eigenvalue weighted by molar-refractivity contribution is 5.91. The molecule has 0 aliphatic heterocycles. The van der Waals surface area contributed by atoms with E-state index in [1.54, 1.807) is 24.9 Å². The van der Waals surface area contributed by atoms with Gasteiger partial charge >= 0.3 is 0 Å². The van der Waals surface area contributed by atoms with Crippen LogP contribution in [0, 0.1) is 0 Å². The van der Waals surface area contributed by atoms with Gasteiger partial charge in [-0.25, -0.2) is 0 Å². The normalized spacial score (nSPS) is 14.4. The molecule has 2 amide bonds. The van der Waals surface area contributed by atoms with Crippen LogP contribution in [0.1, 0.15) is 246 Å². The quantitative estimate of drug-likeness (QED) is 0.0451. The molecule has 2 atom stereocenters. The average molecular weight is 1130 g/mol. The van der Waals surface area contributed by atoms with Crippen molar-refractivity contribution in [2.24, 2.45) is 20.0 Å². The first-order valence-electron chi connectivity index (χ1n) is 29.4. The second-order valence-corrected chi connectivity index (χ2v) is 30.7. The lowest BCUT2D eigenvalue weighted by Crippen LogP contribution is -2.37. The van der Waals surface area contributed by atoms with Crippen molar-refractivity contribution in [2.75, 3.05) is 26.2 Å². The van der Waals surface area contributed by atoms with Crippen molar-refractivity contribution in [2.45, 2.75) is 234 Å². The third kappa shape index (κ3) is 18.6. The summed E-state index contributed by atoms with van der Waals surface area (Å²) >= 11 is 0. The van der Waals surface area contributed by atoms with Crippen molar-refractivity contribution in [3.8, 4) is 23.0 Å². The summed E-state index contributed by atoms with van der Waals surface area (Å²) in [6, 6.07) is 13.9. The molecule has 0 spiro atoms. The second kappa shape index (κ2) is 25.7. The molecule has 0 saturated heterocycles. The van der Waals surface area contributed by atoms with Gasteiger partial charge in [0, 0.05) is 82.5 Å². The number of amides is 2. The van der Waals surface area contributed by atoms with Gasteiger partial charge in [0.05, 0.1) is 13.1 Å². The number of nitrogens with zero attached hydrogens (tertiary/aromatic N) is 4. The van der Waals surface area contributed by atoms with Crippen molar-refractivity contribution in [1.82, 2.24) is 10.6 Å². The van der Waals surface area contributed by atoms with Crippen LogP contribution in [0.25, 0.3) is 0 Å². The number of phenolic OH excluding ortho intramolecular Hbond substituents is 4. The van der Waals surface area contributed by atoms with E-state index in [-0.39, 0.29) is 104 Å². The summed E-state index contributed by atoms with van der Waals surface area (Å²) in [5, 5.41) is 52.4. The first-order valence-corrected chi connectivity index (χ1v) is 29.4. The number of benzene rings is 4. The molecule has 4 aromatic rings. The molecule has 2 unspecified atom stereocenters. The van der Waals surface area contributed by atoms with Crippen LogP contribution in [-0.4, -0.2) is 95.4 Å². The SMILES string of the molecule is CC(C)(C)c1cc(C=NCC(N=Cc2cc(C(C)(C)C)cc(C(C)(C)C)c2O)C(=O)NCCCCNC(=O)C(CN=Cc2cc(C(C)(C)C)cc(C(C)(C)C)c2O)N=Cc2cc(C(C)(C)C)cc(C(C)(C)C)c2O)c(O)c(C(C)(C)C)c1. The Kier molecular flexibility index (Phi) is 21.4. The van der Waals surface area contributed by atoms with E-state index in [1.807, 2.05) is 36.4 Å². The zero-order valence-corrected chi connectivity index (χ0v) is 54.7. The molecule has 0 radical (unpaired) electrons. The lowest BCUT2D eigenvalue weighted by Gasteiger charge is -2.27. The molecule has 4 rings (SSSR count). The molecule has 0 aliphatic carbocycles. The third-order valence-electron chi connectivity index (χ3n) is 14.9. The molecule has 0 bridgehead atoms. The van der Waals surface area contributed by atoms with Gasteiger partial charge in [-0.1, -0.05) is 190 Å². The van der Waals surface area contributed by atoms with Crippen molar-refractivity contribution in [1.29, 1.82) is 0 Å². The highest BCUT2D eigenvalue weighted by Gasteiger charge is 2.30. The minimum Gasteiger partial charge on any atom is -0.507 e. The third-order valence-corrected chi connectivity index (χ3v) is 14.9. The van der Waals surface area contributed by atoms with Crippen LogP contribution in [0.2, 0.25) is 0 Å². The number of carbonyl (C=O) groups is 2. The average Bonchev–Trinajstić information content (AvgIpc) is 3.31. The molecule has 0 aromatic heterocycles. The van der Waals surface area contributed by atoms with E-state index < -0.39 is 12.1 Å². The van der Waals surface area contributed by atoms with Crippen LogP contribution < -0.4 is 10.6 Å². The fraction of sp³-hybridized carbons (Fsp3) is 0.571. The van der Waals surface area contributed by atoms with Gasteiger partial charge in [0.15, 0.2) is 0 Å². The molecule has 0 aliphatic rings. The predicted molar refractivity (Wildman–Crippen MR) is 345 cm³/mol. The number of hydrogen-bond donors (Lipinski definition) is 6. The number of nitrogens with one attached hydrogen (secondary N) is 2. The summed E-state index contributed by atoms with van der Waals surface area (Å²) < 4.78 is 0. The number of carbonyl (C=O) groups excluding carboxylic acids is 2. The standard InChI is InChI=1S/C70H104N6O6/c1-63(2,3)47-29-43(57(77)51(33-47)67(13,14)15)37-71-41-55(75-39-45-31-49(65(7,8)9)35-53(59(45)79)69(19,20)21)61(81)73-27-25-26-28-74-62(82)56(76-40-46-32-50(66(10,11)12)36-54(60(46)80)70(22,23)24)42-72-38-44-30-48(64(4,5)6)34-52(58(44)78)68(16,17)18/h29-40,55-56,77-80H,25-28,41-42H2,1-24H3,(H,73,81)(H,74,82). The highest BCUT2D eigenvalue weighted by atomic mass is 16.3. The van der Waals surface area contributed by atoms with Crippen LogP contribution in [-0.2, 0) is 52.9 Å². The number of rotatable bonds is 17. The molecule has 12 nitrogen and oxygen atoms in total. The van der Waals surface area contributed by atoms with Gasteiger partial charge in [0.2, 0.25) is 11.8 Å². The Morgan fingerprint density at radius 3 is 0.793 bits per heavy atom. The van der Waals surface area contributed by atoms with E-state index in [2.05, 4.69) is 189 Å². The molecular weight excluding hydrogens is 1020 g/mol. The first kappa shape index (κ1) is 68.2. The van der Waals surface area contributed by atoms with Gasteiger partial charge in [-0.3, -0.25) is 29.6 Å². The summed E-state index contributed by atoms with van der Waals surface area (Å²) in [6.07, 6.45) is 7.40.